The van der Waals surface area contributed by atoms with Crippen molar-refractivity contribution >= 4 is 19.8 Å². The van der Waals surface area contributed by atoms with Gasteiger partial charge in [-0.2, -0.15) is 0 Å². The number of ether oxygens (including phenoxy) is 2. The first-order valence-corrected chi connectivity index (χ1v) is 19.1. The van der Waals surface area contributed by atoms with Gasteiger partial charge in [-0.1, -0.05) is 116 Å². The number of rotatable bonds is 33. The van der Waals surface area contributed by atoms with Gasteiger partial charge in [-0.25, -0.2) is 4.57 Å². The van der Waals surface area contributed by atoms with Gasteiger partial charge in [-0.15, -0.1) is 0 Å². The summed E-state index contributed by atoms with van der Waals surface area (Å²) in [5.74, 6) is -0.935. The average Bonchev–Trinajstić information content (AvgIpc) is 3.02. The van der Waals surface area contributed by atoms with Crippen LogP contribution in [0.2, 0.25) is 0 Å². The first-order valence-electron chi connectivity index (χ1n) is 17.6. The first kappa shape index (κ1) is 43.7. The molecule has 0 radical (unpaired) electrons. The molecular formula is C34H65O10P. The van der Waals surface area contributed by atoms with Gasteiger partial charge in [0.2, 0.25) is 0 Å². The number of hydrogen-bond donors (Lipinski definition) is 3. The molecule has 3 N–H and O–H groups in total. The van der Waals surface area contributed by atoms with E-state index in [0.717, 1.165) is 44.9 Å². The van der Waals surface area contributed by atoms with Crippen LogP contribution in [0, 0.1) is 0 Å². The van der Waals surface area contributed by atoms with E-state index >= 15 is 0 Å². The summed E-state index contributed by atoms with van der Waals surface area (Å²) in [6, 6.07) is 0. The van der Waals surface area contributed by atoms with Gasteiger partial charge in [0.25, 0.3) is 0 Å². The van der Waals surface area contributed by atoms with Gasteiger partial charge in [0.1, 0.15) is 12.7 Å². The minimum atomic E-state index is -4.60. The van der Waals surface area contributed by atoms with Crippen LogP contribution in [0.4, 0.5) is 0 Å². The van der Waals surface area contributed by atoms with Crippen molar-refractivity contribution < 1.29 is 47.8 Å². The Balaban J connectivity index is 4.31. The van der Waals surface area contributed by atoms with Crippen LogP contribution in [0.5, 0.6) is 0 Å². The SMILES string of the molecule is CCCCCC/C=C/CCCCCCCCCC(=O)OC[C@@H](COP(=O)(O)OC[C@H](O)CO)OC(=O)CCCCCCCCC. The molecule has 0 aromatic heterocycles. The van der Waals surface area contributed by atoms with Crippen molar-refractivity contribution in [2.24, 2.45) is 0 Å². The van der Waals surface area contributed by atoms with Crippen molar-refractivity contribution in [3.05, 3.63) is 12.2 Å². The van der Waals surface area contributed by atoms with Crippen molar-refractivity contribution in [2.45, 2.75) is 167 Å². The van der Waals surface area contributed by atoms with Gasteiger partial charge < -0.3 is 24.6 Å². The van der Waals surface area contributed by atoms with E-state index in [1.165, 1.54) is 70.6 Å². The monoisotopic (exact) mass is 664 g/mol. The van der Waals surface area contributed by atoms with Crippen LogP contribution in [0.3, 0.4) is 0 Å². The molecule has 0 heterocycles. The molecule has 0 aliphatic heterocycles. The normalized spacial score (nSPS) is 14.3. The highest BCUT2D eigenvalue weighted by Gasteiger charge is 2.27. The number of carbonyl (C=O) groups excluding carboxylic acids is 2. The van der Waals surface area contributed by atoms with E-state index in [-0.39, 0.29) is 19.4 Å². The van der Waals surface area contributed by atoms with Gasteiger partial charge in [0.15, 0.2) is 6.10 Å². The van der Waals surface area contributed by atoms with Gasteiger partial charge >= 0.3 is 19.8 Å². The van der Waals surface area contributed by atoms with E-state index in [1.54, 1.807) is 0 Å². The summed E-state index contributed by atoms with van der Waals surface area (Å²) >= 11 is 0. The fourth-order valence-corrected chi connectivity index (χ4v) is 5.42. The molecule has 0 aliphatic carbocycles. The molecule has 1 unspecified atom stereocenters. The zero-order chi connectivity index (χ0) is 33.4. The lowest BCUT2D eigenvalue weighted by Crippen LogP contribution is -2.29. The number of phosphoric ester groups is 1. The van der Waals surface area contributed by atoms with E-state index in [4.69, 9.17) is 19.1 Å². The summed E-state index contributed by atoms with van der Waals surface area (Å²) in [5.41, 5.74) is 0. The lowest BCUT2D eigenvalue weighted by atomic mass is 10.1. The van der Waals surface area contributed by atoms with E-state index in [9.17, 15) is 24.2 Å². The van der Waals surface area contributed by atoms with Gasteiger partial charge in [0.05, 0.1) is 19.8 Å². The third-order valence-corrected chi connectivity index (χ3v) is 8.37. The molecular weight excluding hydrogens is 599 g/mol. The van der Waals surface area contributed by atoms with Gasteiger partial charge in [-0.05, 0) is 38.5 Å². The molecule has 0 spiro atoms. The third kappa shape index (κ3) is 31.1. The number of phosphoric acid groups is 1. The van der Waals surface area contributed by atoms with Crippen LogP contribution in [0.1, 0.15) is 155 Å². The van der Waals surface area contributed by atoms with Crippen LogP contribution in [-0.4, -0.2) is 65.7 Å². The molecule has 0 saturated carbocycles. The van der Waals surface area contributed by atoms with Crippen molar-refractivity contribution in [1.29, 1.82) is 0 Å². The van der Waals surface area contributed by atoms with Crippen molar-refractivity contribution in [3.8, 4) is 0 Å². The van der Waals surface area contributed by atoms with E-state index in [0.29, 0.717) is 12.8 Å². The lowest BCUT2D eigenvalue weighted by molar-refractivity contribution is -0.161. The summed E-state index contributed by atoms with van der Waals surface area (Å²) in [6.07, 6.45) is 24.9. The summed E-state index contributed by atoms with van der Waals surface area (Å²) in [5, 5.41) is 18.2. The fourth-order valence-electron chi connectivity index (χ4n) is 4.63. The highest BCUT2D eigenvalue weighted by molar-refractivity contribution is 7.47. The van der Waals surface area contributed by atoms with Gasteiger partial charge in [-0.3, -0.25) is 18.6 Å². The second-order valence-corrected chi connectivity index (χ2v) is 13.4. The molecule has 0 aliphatic rings. The topological polar surface area (TPSA) is 149 Å². The van der Waals surface area contributed by atoms with E-state index < -0.39 is 51.8 Å². The van der Waals surface area contributed by atoms with E-state index in [1.807, 2.05) is 0 Å². The molecule has 0 aromatic rings. The smallest absolute Gasteiger partial charge is 0.462 e. The van der Waals surface area contributed by atoms with Crippen LogP contribution >= 0.6 is 7.82 Å². The number of allylic oxidation sites excluding steroid dienone is 2. The number of aliphatic hydroxyl groups is 2. The number of carbonyl (C=O) groups is 2. The Kier molecular flexibility index (Phi) is 30.4. The van der Waals surface area contributed by atoms with Crippen molar-refractivity contribution in [1.82, 2.24) is 0 Å². The quantitative estimate of drug-likeness (QED) is 0.0272. The number of esters is 2. The predicted octanol–water partition coefficient (Wildman–Crippen LogP) is 8.11. The minimum Gasteiger partial charge on any atom is -0.462 e. The Morgan fingerprint density at radius 3 is 1.62 bits per heavy atom. The third-order valence-electron chi connectivity index (χ3n) is 7.42. The standard InChI is InChI=1S/C34H65O10P/c1-3-5-7-9-11-12-13-14-15-16-17-18-20-21-23-25-33(37)41-29-32(30-43-45(39,40)42-28-31(36)27-35)44-34(38)26-24-22-19-10-8-6-4-2/h12-13,31-32,35-36H,3-11,14-30H2,1-2H3,(H,39,40)/b13-12+/t31-,32+/m1/s1. The Morgan fingerprint density at radius 1 is 0.644 bits per heavy atom. The minimum absolute atomic E-state index is 0.185. The van der Waals surface area contributed by atoms with Crippen LogP contribution in [-0.2, 0) is 32.7 Å². The molecule has 3 atom stereocenters. The first-order chi connectivity index (χ1) is 21.7. The second kappa shape index (κ2) is 31.3. The Hall–Kier alpha value is -1.29. The van der Waals surface area contributed by atoms with Crippen LogP contribution in [0.25, 0.3) is 0 Å². The number of unbranched alkanes of at least 4 members (excludes halogenated alkanes) is 17. The Morgan fingerprint density at radius 2 is 1.09 bits per heavy atom. The second-order valence-electron chi connectivity index (χ2n) is 11.9. The highest BCUT2D eigenvalue weighted by Crippen LogP contribution is 2.43. The number of hydrogen-bond acceptors (Lipinski definition) is 9. The van der Waals surface area contributed by atoms with Gasteiger partial charge in [0, 0.05) is 12.8 Å². The summed E-state index contributed by atoms with van der Waals surface area (Å²) in [4.78, 5) is 34.6. The zero-order valence-corrected chi connectivity index (χ0v) is 29.2. The Labute approximate surface area is 273 Å². The molecule has 45 heavy (non-hydrogen) atoms. The molecule has 10 nitrogen and oxygen atoms in total. The summed E-state index contributed by atoms with van der Waals surface area (Å²) < 4.78 is 32.4. The van der Waals surface area contributed by atoms with Crippen LogP contribution < -0.4 is 0 Å². The largest absolute Gasteiger partial charge is 0.472 e. The summed E-state index contributed by atoms with van der Waals surface area (Å²) in [6.45, 7) is 2.29. The molecule has 11 heteroatoms. The molecule has 0 aromatic carbocycles. The van der Waals surface area contributed by atoms with E-state index in [2.05, 4.69) is 30.5 Å². The molecule has 0 bridgehead atoms. The van der Waals surface area contributed by atoms with Crippen molar-refractivity contribution in [3.63, 3.8) is 0 Å². The molecule has 0 fully saturated rings. The summed E-state index contributed by atoms with van der Waals surface area (Å²) in [7, 11) is -4.60. The molecule has 0 amide bonds. The molecule has 0 rings (SSSR count). The molecule has 266 valence electrons. The van der Waals surface area contributed by atoms with Crippen molar-refractivity contribution in [2.75, 3.05) is 26.4 Å². The maximum Gasteiger partial charge on any atom is 0.472 e. The van der Waals surface area contributed by atoms with Crippen LogP contribution in [0.15, 0.2) is 12.2 Å². The maximum absolute atomic E-state index is 12.4. The lowest BCUT2D eigenvalue weighted by Gasteiger charge is -2.20. The maximum atomic E-state index is 12.4. The fraction of sp³-hybridized carbons (Fsp3) is 0.882. The molecule has 0 saturated heterocycles. The predicted molar refractivity (Wildman–Crippen MR) is 178 cm³/mol. The Bertz CT molecular complexity index is 776. The zero-order valence-electron chi connectivity index (χ0n) is 28.3. The average molecular weight is 665 g/mol. The number of aliphatic hydroxyl groups excluding tert-OH is 2. The highest BCUT2D eigenvalue weighted by atomic mass is 31.2.